The third-order valence-corrected chi connectivity index (χ3v) is 5.82. The van der Waals surface area contributed by atoms with Crippen molar-refractivity contribution < 1.29 is 9.18 Å². The molecule has 8 heteroatoms. The molecule has 5 rings (SSSR count). The van der Waals surface area contributed by atoms with Crippen LogP contribution in [0.1, 0.15) is 23.2 Å². The van der Waals surface area contributed by atoms with Crippen molar-refractivity contribution in [1.82, 2.24) is 25.3 Å². The van der Waals surface area contributed by atoms with Gasteiger partial charge in [0.15, 0.2) is 0 Å². The molecule has 3 heterocycles. The Labute approximate surface area is 184 Å². The van der Waals surface area contributed by atoms with Crippen molar-refractivity contribution in [3.05, 3.63) is 72.3 Å². The number of halogens is 1. The Morgan fingerprint density at radius 2 is 2.03 bits per heavy atom. The predicted molar refractivity (Wildman–Crippen MR) is 121 cm³/mol. The van der Waals surface area contributed by atoms with Crippen molar-refractivity contribution in [2.45, 2.75) is 18.9 Å². The largest absolute Gasteiger partial charge is 0.315 e. The van der Waals surface area contributed by atoms with E-state index in [1.165, 1.54) is 12.1 Å². The Morgan fingerprint density at radius 3 is 2.75 bits per heavy atom. The number of nitrogens with one attached hydrogen (secondary N) is 1. The quantitative estimate of drug-likeness (QED) is 0.536. The van der Waals surface area contributed by atoms with Gasteiger partial charge < -0.3 is 5.32 Å². The van der Waals surface area contributed by atoms with Gasteiger partial charge in [0.05, 0.1) is 12.2 Å². The van der Waals surface area contributed by atoms with Crippen molar-refractivity contribution in [2.24, 2.45) is 7.05 Å². The lowest BCUT2D eigenvalue weighted by Crippen LogP contribution is -2.49. The molecule has 0 radical (unpaired) electrons. The Bertz CT molecular complexity index is 1260. The smallest absolute Gasteiger partial charge is 0.259 e. The molecule has 1 amide bonds. The summed E-state index contributed by atoms with van der Waals surface area (Å²) >= 11 is 0. The van der Waals surface area contributed by atoms with Crippen LogP contribution in [0.3, 0.4) is 0 Å². The fraction of sp³-hybridized carbons (Fsp3) is 0.250. The normalized spacial score (nSPS) is 16.2. The number of piperidine rings is 1. The van der Waals surface area contributed by atoms with Crippen molar-refractivity contribution in [2.75, 3.05) is 18.0 Å². The second kappa shape index (κ2) is 8.47. The summed E-state index contributed by atoms with van der Waals surface area (Å²) in [6.07, 6.45) is 5.30. The van der Waals surface area contributed by atoms with Crippen LogP contribution in [0.25, 0.3) is 22.0 Å². The summed E-state index contributed by atoms with van der Waals surface area (Å²) in [6.45, 7) is 1.61. The number of rotatable bonds is 4. The van der Waals surface area contributed by atoms with Gasteiger partial charge in [0.25, 0.3) is 5.91 Å². The second-order valence-corrected chi connectivity index (χ2v) is 8.03. The number of anilines is 1. The van der Waals surface area contributed by atoms with Crippen LogP contribution in [-0.4, -0.2) is 45.0 Å². The summed E-state index contributed by atoms with van der Waals surface area (Å²) < 4.78 is 15.4. The lowest BCUT2D eigenvalue weighted by Gasteiger charge is -2.34. The molecule has 0 saturated carbocycles. The molecular weight excluding hydrogens is 407 g/mol. The summed E-state index contributed by atoms with van der Waals surface area (Å²) in [6, 6.07) is 13.7. The van der Waals surface area contributed by atoms with E-state index in [1.54, 1.807) is 40.0 Å². The van der Waals surface area contributed by atoms with Gasteiger partial charge in [0.2, 0.25) is 0 Å². The van der Waals surface area contributed by atoms with Gasteiger partial charge in [-0.2, -0.15) is 0 Å². The summed E-state index contributed by atoms with van der Waals surface area (Å²) in [5, 5.41) is 12.9. The summed E-state index contributed by atoms with van der Waals surface area (Å²) in [5.41, 5.74) is 2.20. The summed E-state index contributed by atoms with van der Waals surface area (Å²) in [5.74, 6) is 0.111. The summed E-state index contributed by atoms with van der Waals surface area (Å²) in [7, 11) is 1.81. The van der Waals surface area contributed by atoms with Crippen molar-refractivity contribution in [1.29, 1.82) is 0 Å². The molecule has 1 unspecified atom stereocenters. The van der Waals surface area contributed by atoms with E-state index in [0.29, 0.717) is 17.9 Å². The summed E-state index contributed by atoms with van der Waals surface area (Å²) in [4.78, 5) is 20.1. The van der Waals surface area contributed by atoms with Gasteiger partial charge in [0.1, 0.15) is 17.3 Å². The topological polar surface area (TPSA) is 75.9 Å². The fourth-order valence-corrected chi connectivity index (χ4v) is 4.22. The van der Waals surface area contributed by atoms with E-state index < -0.39 is 0 Å². The zero-order valence-corrected chi connectivity index (χ0v) is 17.7. The van der Waals surface area contributed by atoms with Crippen LogP contribution in [0.5, 0.6) is 0 Å². The lowest BCUT2D eigenvalue weighted by molar-refractivity contribution is 0.0972. The maximum absolute atomic E-state index is 13.8. The molecule has 162 valence electrons. The number of benzene rings is 2. The number of aryl methyl sites for hydroxylation is 1. The molecule has 1 atom stereocenters. The Kier molecular flexibility index (Phi) is 5.36. The van der Waals surface area contributed by atoms with Crippen molar-refractivity contribution in [3.63, 3.8) is 0 Å². The van der Waals surface area contributed by atoms with Gasteiger partial charge in [-0.15, -0.1) is 5.10 Å². The van der Waals surface area contributed by atoms with Gasteiger partial charge in [0, 0.05) is 36.3 Å². The molecule has 0 spiro atoms. The molecule has 7 nitrogen and oxygen atoms in total. The van der Waals surface area contributed by atoms with Crippen LogP contribution in [0.15, 0.2) is 60.9 Å². The van der Waals surface area contributed by atoms with E-state index in [1.807, 2.05) is 25.4 Å². The Hall–Kier alpha value is -3.65. The van der Waals surface area contributed by atoms with Crippen LogP contribution in [-0.2, 0) is 7.05 Å². The maximum Gasteiger partial charge on any atom is 0.259 e. The lowest BCUT2D eigenvalue weighted by atomic mass is 10.0. The molecule has 1 saturated heterocycles. The van der Waals surface area contributed by atoms with Crippen LogP contribution in [0, 0.1) is 5.82 Å². The van der Waals surface area contributed by atoms with Gasteiger partial charge in [-0.05, 0) is 61.2 Å². The monoisotopic (exact) mass is 430 g/mol. The van der Waals surface area contributed by atoms with Gasteiger partial charge in [-0.1, -0.05) is 17.3 Å². The minimum absolute atomic E-state index is 0.0425. The highest BCUT2D eigenvalue weighted by Gasteiger charge is 2.30. The fourth-order valence-electron chi connectivity index (χ4n) is 4.22. The first-order valence-corrected chi connectivity index (χ1v) is 10.7. The number of fused-ring (bicyclic) bond motifs is 1. The van der Waals surface area contributed by atoms with Gasteiger partial charge >= 0.3 is 0 Å². The third-order valence-electron chi connectivity index (χ3n) is 5.82. The van der Waals surface area contributed by atoms with E-state index in [0.717, 1.165) is 41.4 Å². The standard InChI is InChI=1S/C24H23FN6O/c1-30-15-22(28-29-30)16-4-6-17(7-5-16)24(32)31(20-3-2-11-26-14-20)23-21-9-8-19(25)13-18(21)10-12-27-23/h4-10,12-13,15,20,26H,2-3,11,14H2,1H3. The highest BCUT2D eigenvalue weighted by molar-refractivity contribution is 6.10. The number of carbonyl (C=O) groups excluding carboxylic acids is 1. The van der Waals surface area contributed by atoms with Gasteiger partial charge in [-0.25, -0.2) is 9.37 Å². The number of amides is 1. The number of hydrogen-bond acceptors (Lipinski definition) is 5. The van der Waals surface area contributed by atoms with E-state index in [-0.39, 0.29) is 17.8 Å². The Balaban J connectivity index is 1.55. The van der Waals surface area contributed by atoms with E-state index in [9.17, 15) is 9.18 Å². The Morgan fingerprint density at radius 1 is 1.19 bits per heavy atom. The number of carbonyl (C=O) groups is 1. The third kappa shape index (κ3) is 3.85. The maximum atomic E-state index is 13.8. The molecule has 4 aromatic rings. The zero-order valence-electron chi connectivity index (χ0n) is 17.7. The van der Waals surface area contributed by atoms with E-state index in [4.69, 9.17) is 0 Å². The number of hydrogen-bond donors (Lipinski definition) is 1. The van der Waals surface area contributed by atoms with Crippen LogP contribution < -0.4 is 10.2 Å². The highest BCUT2D eigenvalue weighted by atomic mass is 19.1. The van der Waals surface area contributed by atoms with Crippen molar-refractivity contribution in [3.8, 4) is 11.3 Å². The average Bonchev–Trinajstić information content (AvgIpc) is 3.26. The molecule has 2 aromatic carbocycles. The minimum atomic E-state index is -0.313. The molecular formula is C24H23FN6O. The SMILES string of the molecule is Cn1cc(-c2ccc(C(=O)N(c3nccc4cc(F)ccc34)C3CCCNC3)cc2)nn1. The van der Waals surface area contributed by atoms with Gasteiger partial charge in [-0.3, -0.25) is 14.4 Å². The first-order chi connectivity index (χ1) is 15.6. The minimum Gasteiger partial charge on any atom is -0.315 e. The van der Waals surface area contributed by atoms with Crippen LogP contribution in [0.4, 0.5) is 10.2 Å². The number of aromatic nitrogens is 4. The zero-order chi connectivity index (χ0) is 22.1. The first kappa shape index (κ1) is 20.3. The molecule has 0 bridgehead atoms. The molecule has 1 fully saturated rings. The molecule has 1 aliphatic heterocycles. The van der Waals surface area contributed by atoms with Crippen LogP contribution >= 0.6 is 0 Å². The highest BCUT2D eigenvalue weighted by Crippen LogP contribution is 2.30. The first-order valence-electron chi connectivity index (χ1n) is 10.7. The second-order valence-electron chi connectivity index (χ2n) is 8.03. The molecule has 32 heavy (non-hydrogen) atoms. The van der Waals surface area contributed by atoms with Crippen LogP contribution in [0.2, 0.25) is 0 Å². The molecule has 0 aliphatic carbocycles. The molecule has 2 aromatic heterocycles. The molecule has 1 N–H and O–H groups in total. The number of nitrogens with zero attached hydrogens (tertiary/aromatic N) is 5. The average molecular weight is 430 g/mol. The molecule has 1 aliphatic rings. The number of pyridine rings is 1. The van der Waals surface area contributed by atoms with E-state index in [2.05, 4.69) is 20.6 Å². The van der Waals surface area contributed by atoms with Crippen molar-refractivity contribution >= 4 is 22.5 Å². The predicted octanol–water partition coefficient (Wildman–Crippen LogP) is 3.57. The van der Waals surface area contributed by atoms with E-state index >= 15 is 0 Å².